The quantitative estimate of drug-likeness (QED) is 0.600. The van der Waals surface area contributed by atoms with Crippen molar-refractivity contribution in [3.8, 4) is 0 Å². The van der Waals surface area contributed by atoms with Crippen molar-refractivity contribution in [3.63, 3.8) is 0 Å². The summed E-state index contributed by atoms with van der Waals surface area (Å²) in [5, 5.41) is 0. The molecule has 0 unspecified atom stereocenters. The van der Waals surface area contributed by atoms with Crippen LogP contribution in [-0.2, 0) is 6.54 Å². The molecule has 0 saturated heterocycles. The molecule has 1 aromatic carbocycles. The lowest BCUT2D eigenvalue weighted by atomic mass is 10.2. The smallest absolute Gasteiger partial charge is 0.329 e. The van der Waals surface area contributed by atoms with Gasteiger partial charge in [0, 0.05) is 11.4 Å². The number of anilines is 1. The standard InChI is InChI=1S/C16H17F2N3O3S/c1-8(2)6-21-14(19)13(15(23)20-16(21)24)12(22)7-25-9-3-4-10(17)11(18)5-9/h3-5,8H,6-7,19H2,1-2H3,(H,20,23,24). The number of aromatic amines is 1. The maximum Gasteiger partial charge on any atom is 0.329 e. The minimum atomic E-state index is -1.03. The van der Waals surface area contributed by atoms with E-state index in [9.17, 15) is 23.2 Å². The van der Waals surface area contributed by atoms with Gasteiger partial charge < -0.3 is 5.73 Å². The number of hydrogen-bond acceptors (Lipinski definition) is 5. The molecule has 0 aliphatic rings. The van der Waals surface area contributed by atoms with Crippen molar-refractivity contribution in [2.45, 2.75) is 25.3 Å². The fourth-order valence-corrected chi connectivity index (χ4v) is 2.98. The minimum Gasteiger partial charge on any atom is -0.384 e. The van der Waals surface area contributed by atoms with Crippen LogP contribution < -0.4 is 17.0 Å². The summed E-state index contributed by atoms with van der Waals surface area (Å²) in [5.41, 5.74) is 4.00. The van der Waals surface area contributed by atoms with Crippen molar-refractivity contribution in [3.05, 3.63) is 56.2 Å². The topological polar surface area (TPSA) is 97.9 Å². The summed E-state index contributed by atoms with van der Waals surface area (Å²) < 4.78 is 27.2. The molecule has 0 amide bonds. The first-order valence-electron chi connectivity index (χ1n) is 7.44. The first kappa shape index (κ1) is 18.9. The van der Waals surface area contributed by atoms with Crippen molar-refractivity contribution in [2.75, 3.05) is 11.5 Å². The number of thioether (sulfide) groups is 1. The molecule has 0 aliphatic heterocycles. The van der Waals surface area contributed by atoms with Gasteiger partial charge in [0.15, 0.2) is 17.4 Å². The molecule has 0 fully saturated rings. The van der Waals surface area contributed by atoms with Gasteiger partial charge in [-0.3, -0.25) is 19.1 Å². The fourth-order valence-electron chi connectivity index (χ4n) is 2.19. The highest BCUT2D eigenvalue weighted by atomic mass is 32.2. The number of nitrogens with zero attached hydrogens (tertiary/aromatic N) is 1. The molecule has 1 heterocycles. The van der Waals surface area contributed by atoms with Gasteiger partial charge in [0.1, 0.15) is 11.4 Å². The minimum absolute atomic E-state index is 0.0745. The second kappa shape index (κ2) is 7.64. The number of carbonyl (C=O) groups is 1. The van der Waals surface area contributed by atoms with E-state index in [1.807, 2.05) is 13.8 Å². The summed E-state index contributed by atoms with van der Waals surface area (Å²) in [6, 6.07) is 3.23. The highest BCUT2D eigenvalue weighted by Gasteiger charge is 2.20. The molecule has 0 aliphatic carbocycles. The Morgan fingerprint density at radius 2 is 1.96 bits per heavy atom. The van der Waals surface area contributed by atoms with Crippen LogP contribution in [0.5, 0.6) is 0 Å². The van der Waals surface area contributed by atoms with E-state index in [2.05, 4.69) is 4.98 Å². The van der Waals surface area contributed by atoms with Crippen LogP contribution in [0, 0.1) is 17.6 Å². The molecule has 0 spiro atoms. The highest BCUT2D eigenvalue weighted by Crippen LogP contribution is 2.21. The summed E-state index contributed by atoms with van der Waals surface area (Å²) in [5.74, 6) is -2.95. The number of benzene rings is 1. The Labute approximate surface area is 146 Å². The molecule has 25 heavy (non-hydrogen) atoms. The van der Waals surface area contributed by atoms with Crippen LogP contribution in [0.15, 0.2) is 32.7 Å². The zero-order valence-corrected chi connectivity index (χ0v) is 14.5. The zero-order valence-electron chi connectivity index (χ0n) is 13.6. The number of ketones is 1. The molecule has 0 radical (unpaired) electrons. The normalized spacial score (nSPS) is 11.1. The molecule has 0 bridgehead atoms. The summed E-state index contributed by atoms with van der Waals surface area (Å²) in [6.07, 6.45) is 0. The Kier molecular flexibility index (Phi) is 5.78. The molecule has 6 nitrogen and oxygen atoms in total. The number of nitrogen functional groups attached to an aromatic ring is 1. The van der Waals surface area contributed by atoms with Crippen molar-refractivity contribution in [1.82, 2.24) is 9.55 Å². The van der Waals surface area contributed by atoms with Gasteiger partial charge in [-0.15, -0.1) is 11.8 Å². The molecule has 2 aromatic rings. The summed E-state index contributed by atoms with van der Waals surface area (Å²) in [4.78, 5) is 38.6. The van der Waals surface area contributed by atoms with Crippen molar-refractivity contribution in [2.24, 2.45) is 5.92 Å². The van der Waals surface area contributed by atoms with Crippen LogP contribution in [0.2, 0.25) is 0 Å². The van der Waals surface area contributed by atoms with Gasteiger partial charge in [-0.05, 0) is 24.1 Å². The molecule has 0 atom stereocenters. The second-order valence-corrected chi connectivity index (χ2v) is 6.86. The third-order valence-electron chi connectivity index (χ3n) is 3.33. The number of H-pyrrole nitrogens is 1. The number of nitrogens with one attached hydrogen (secondary N) is 1. The number of hydrogen-bond donors (Lipinski definition) is 2. The molecule has 2 rings (SSSR count). The van der Waals surface area contributed by atoms with E-state index in [0.717, 1.165) is 28.5 Å². The lowest BCUT2D eigenvalue weighted by Gasteiger charge is -2.13. The third kappa shape index (κ3) is 4.36. The molecule has 9 heteroatoms. The van der Waals surface area contributed by atoms with E-state index in [1.165, 1.54) is 6.07 Å². The van der Waals surface area contributed by atoms with Crippen LogP contribution in [-0.4, -0.2) is 21.1 Å². The Bertz CT molecular complexity index is 922. The number of aromatic nitrogens is 2. The average molecular weight is 369 g/mol. The second-order valence-electron chi connectivity index (χ2n) is 5.81. The first-order chi connectivity index (χ1) is 11.7. The van der Waals surface area contributed by atoms with Gasteiger partial charge in [-0.2, -0.15) is 0 Å². The number of carbonyl (C=O) groups excluding carboxylic acids is 1. The van der Waals surface area contributed by atoms with Gasteiger partial charge in [-0.1, -0.05) is 13.8 Å². The molecule has 134 valence electrons. The van der Waals surface area contributed by atoms with Crippen LogP contribution in [0.25, 0.3) is 0 Å². The Balaban J connectivity index is 2.28. The molecule has 3 N–H and O–H groups in total. The first-order valence-corrected chi connectivity index (χ1v) is 8.43. The van der Waals surface area contributed by atoms with Gasteiger partial charge >= 0.3 is 5.69 Å². The number of nitrogens with two attached hydrogens (primary N) is 1. The SMILES string of the molecule is CC(C)Cn1c(N)c(C(=O)CSc2ccc(F)c(F)c2)c(=O)[nH]c1=O. The highest BCUT2D eigenvalue weighted by molar-refractivity contribution is 8.00. The third-order valence-corrected chi connectivity index (χ3v) is 4.32. The van der Waals surface area contributed by atoms with E-state index in [-0.39, 0.29) is 29.6 Å². The molecule has 1 aromatic heterocycles. The van der Waals surface area contributed by atoms with E-state index < -0.39 is 28.7 Å². The Morgan fingerprint density at radius 1 is 1.28 bits per heavy atom. The van der Waals surface area contributed by atoms with Crippen LogP contribution in [0.4, 0.5) is 14.6 Å². The van der Waals surface area contributed by atoms with Crippen LogP contribution in [0.3, 0.4) is 0 Å². The van der Waals surface area contributed by atoms with Crippen molar-refractivity contribution < 1.29 is 13.6 Å². The number of Topliss-reactive ketones (excluding diaryl/α,β-unsaturated/α-hetero) is 1. The van der Waals surface area contributed by atoms with Crippen LogP contribution in [0.1, 0.15) is 24.2 Å². The van der Waals surface area contributed by atoms with E-state index in [0.29, 0.717) is 4.90 Å². The largest absolute Gasteiger partial charge is 0.384 e. The van der Waals surface area contributed by atoms with Crippen molar-refractivity contribution in [1.29, 1.82) is 0 Å². The maximum atomic E-state index is 13.2. The van der Waals surface area contributed by atoms with E-state index >= 15 is 0 Å². The Hall–Kier alpha value is -2.42. The average Bonchev–Trinajstić information content (AvgIpc) is 2.52. The monoisotopic (exact) mass is 369 g/mol. The Morgan fingerprint density at radius 3 is 2.56 bits per heavy atom. The predicted molar refractivity (Wildman–Crippen MR) is 92.0 cm³/mol. The summed E-state index contributed by atoms with van der Waals surface area (Å²) in [6.45, 7) is 3.97. The zero-order chi connectivity index (χ0) is 18.7. The number of halogens is 2. The summed E-state index contributed by atoms with van der Waals surface area (Å²) in [7, 11) is 0. The van der Waals surface area contributed by atoms with Gasteiger partial charge in [0.25, 0.3) is 5.56 Å². The predicted octanol–water partition coefficient (Wildman–Crippen LogP) is 2.03. The van der Waals surface area contributed by atoms with E-state index in [1.54, 1.807) is 0 Å². The molecule has 0 saturated carbocycles. The van der Waals surface area contributed by atoms with Crippen molar-refractivity contribution >= 4 is 23.4 Å². The number of rotatable bonds is 6. The van der Waals surface area contributed by atoms with Crippen LogP contribution >= 0.6 is 11.8 Å². The van der Waals surface area contributed by atoms with Gasteiger partial charge in [-0.25, -0.2) is 13.6 Å². The lowest BCUT2D eigenvalue weighted by molar-refractivity contribution is 0.102. The van der Waals surface area contributed by atoms with E-state index in [4.69, 9.17) is 5.73 Å². The lowest BCUT2D eigenvalue weighted by Crippen LogP contribution is -2.37. The maximum absolute atomic E-state index is 13.2. The van der Waals surface area contributed by atoms with Gasteiger partial charge in [0.05, 0.1) is 5.75 Å². The summed E-state index contributed by atoms with van der Waals surface area (Å²) >= 11 is 0.936. The molecular weight excluding hydrogens is 352 g/mol. The molecular formula is C16H17F2N3O3S. The van der Waals surface area contributed by atoms with Gasteiger partial charge in [0.2, 0.25) is 0 Å². The fraction of sp³-hybridized carbons (Fsp3) is 0.312.